The maximum absolute atomic E-state index is 5.09. The van der Waals surface area contributed by atoms with Gasteiger partial charge in [-0.1, -0.05) is 0 Å². The molecule has 2 fully saturated rings. The molecule has 0 spiro atoms. The highest BCUT2D eigenvalue weighted by Crippen LogP contribution is 2.25. The van der Waals surface area contributed by atoms with Gasteiger partial charge < -0.3 is 15.0 Å². The number of nitrogens with zero attached hydrogens (tertiary/aromatic N) is 1. The lowest BCUT2D eigenvalue weighted by atomic mass is 9.88. The number of piperidine rings is 1. The van der Waals surface area contributed by atoms with Crippen molar-refractivity contribution in [2.75, 3.05) is 39.9 Å². The second-order valence-corrected chi connectivity index (χ2v) is 5.58. The Balaban J connectivity index is 1.57. The maximum atomic E-state index is 5.09. The van der Waals surface area contributed by atoms with Crippen molar-refractivity contribution in [3.05, 3.63) is 0 Å². The fourth-order valence-corrected chi connectivity index (χ4v) is 3.27. The number of rotatable bonds is 6. The lowest BCUT2D eigenvalue weighted by Crippen LogP contribution is -2.41. The molecule has 2 aliphatic heterocycles. The van der Waals surface area contributed by atoms with Crippen molar-refractivity contribution in [2.45, 2.75) is 44.6 Å². The Morgan fingerprint density at radius 2 is 2.00 bits per heavy atom. The normalized spacial score (nSPS) is 27.7. The van der Waals surface area contributed by atoms with E-state index >= 15 is 0 Å². The number of methoxy groups -OCH3 is 1. The Kier molecular flexibility index (Phi) is 5.75. The summed E-state index contributed by atoms with van der Waals surface area (Å²) in [4.78, 5) is 2.64. The average molecular weight is 240 g/mol. The van der Waals surface area contributed by atoms with Gasteiger partial charge in [0.1, 0.15) is 0 Å². The van der Waals surface area contributed by atoms with Crippen molar-refractivity contribution < 1.29 is 4.74 Å². The number of hydrogen-bond donors (Lipinski definition) is 1. The van der Waals surface area contributed by atoms with Crippen LogP contribution in [0, 0.1) is 5.92 Å². The zero-order chi connectivity index (χ0) is 11.9. The molecule has 0 amide bonds. The fraction of sp³-hybridized carbons (Fsp3) is 1.00. The molecule has 0 bridgehead atoms. The van der Waals surface area contributed by atoms with Crippen LogP contribution in [0.15, 0.2) is 0 Å². The van der Waals surface area contributed by atoms with Crippen LogP contribution in [-0.4, -0.2) is 50.8 Å². The molecule has 1 N–H and O–H groups in total. The second kappa shape index (κ2) is 7.34. The van der Waals surface area contributed by atoms with Crippen LogP contribution in [-0.2, 0) is 4.74 Å². The van der Waals surface area contributed by atoms with Crippen molar-refractivity contribution >= 4 is 0 Å². The van der Waals surface area contributed by atoms with Gasteiger partial charge in [-0.15, -0.1) is 0 Å². The fourth-order valence-electron chi connectivity index (χ4n) is 3.27. The Hall–Kier alpha value is -0.120. The predicted molar refractivity (Wildman–Crippen MR) is 71.3 cm³/mol. The van der Waals surface area contributed by atoms with E-state index in [-0.39, 0.29) is 0 Å². The van der Waals surface area contributed by atoms with E-state index in [2.05, 4.69) is 10.2 Å². The van der Waals surface area contributed by atoms with E-state index in [1.165, 1.54) is 64.7 Å². The van der Waals surface area contributed by atoms with E-state index in [9.17, 15) is 0 Å². The van der Waals surface area contributed by atoms with Gasteiger partial charge in [-0.05, 0) is 70.6 Å². The summed E-state index contributed by atoms with van der Waals surface area (Å²) in [6.45, 7) is 6.07. The molecular formula is C14H28N2O. The minimum atomic E-state index is 0.839. The molecule has 2 rings (SSSR count). The van der Waals surface area contributed by atoms with Crippen molar-refractivity contribution in [2.24, 2.45) is 5.92 Å². The summed E-state index contributed by atoms with van der Waals surface area (Å²) in [5, 5.41) is 3.67. The first-order valence-electron chi connectivity index (χ1n) is 7.35. The third kappa shape index (κ3) is 4.23. The van der Waals surface area contributed by atoms with Crippen LogP contribution in [0.5, 0.6) is 0 Å². The first kappa shape index (κ1) is 13.3. The van der Waals surface area contributed by atoms with E-state index in [4.69, 9.17) is 4.74 Å². The topological polar surface area (TPSA) is 24.5 Å². The molecule has 0 radical (unpaired) electrons. The summed E-state index contributed by atoms with van der Waals surface area (Å²) in [5.41, 5.74) is 0. The number of hydrogen-bond acceptors (Lipinski definition) is 3. The summed E-state index contributed by atoms with van der Waals surface area (Å²) >= 11 is 0. The highest BCUT2D eigenvalue weighted by Gasteiger charge is 2.27. The lowest BCUT2D eigenvalue weighted by Gasteiger charge is -2.34. The van der Waals surface area contributed by atoms with E-state index < -0.39 is 0 Å². The molecule has 17 heavy (non-hydrogen) atoms. The summed E-state index contributed by atoms with van der Waals surface area (Å²) in [6.07, 6.45) is 8.12. The Morgan fingerprint density at radius 3 is 2.65 bits per heavy atom. The summed E-state index contributed by atoms with van der Waals surface area (Å²) in [6, 6.07) is 0.839. The van der Waals surface area contributed by atoms with Gasteiger partial charge in [0.05, 0.1) is 0 Å². The number of likely N-dealkylation sites (tertiary alicyclic amines) is 1. The predicted octanol–water partition coefficient (Wildman–Crippen LogP) is 1.88. The molecule has 3 nitrogen and oxygen atoms in total. The van der Waals surface area contributed by atoms with Gasteiger partial charge in [0.25, 0.3) is 0 Å². The van der Waals surface area contributed by atoms with E-state index in [1.54, 1.807) is 7.11 Å². The largest absolute Gasteiger partial charge is 0.385 e. The third-order valence-electron chi connectivity index (χ3n) is 4.37. The minimum Gasteiger partial charge on any atom is -0.385 e. The highest BCUT2D eigenvalue weighted by atomic mass is 16.5. The van der Waals surface area contributed by atoms with Gasteiger partial charge in [-0.2, -0.15) is 0 Å². The molecule has 0 aromatic carbocycles. The number of nitrogens with one attached hydrogen (secondary N) is 1. The summed E-state index contributed by atoms with van der Waals surface area (Å²) in [7, 11) is 1.79. The molecule has 1 unspecified atom stereocenters. The molecule has 0 saturated carbocycles. The Morgan fingerprint density at radius 1 is 1.18 bits per heavy atom. The van der Waals surface area contributed by atoms with Crippen LogP contribution in [0.1, 0.15) is 38.5 Å². The maximum Gasteiger partial charge on any atom is 0.0462 e. The smallest absolute Gasteiger partial charge is 0.0462 e. The monoisotopic (exact) mass is 240 g/mol. The average Bonchev–Trinajstić information content (AvgIpc) is 2.89. The molecule has 0 aromatic rings. The Labute approximate surface area is 106 Å². The molecule has 0 aliphatic carbocycles. The molecule has 2 aliphatic rings. The second-order valence-electron chi connectivity index (χ2n) is 5.58. The first-order valence-corrected chi connectivity index (χ1v) is 7.35. The van der Waals surface area contributed by atoms with Gasteiger partial charge in [0.2, 0.25) is 0 Å². The SMILES string of the molecule is COCCCCN1CCC(C2CCCN2)CC1. The molecular weight excluding hydrogens is 212 g/mol. The van der Waals surface area contributed by atoms with Gasteiger partial charge in [0, 0.05) is 19.8 Å². The Bertz CT molecular complexity index is 196. The van der Waals surface area contributed by atoms with Gasteiger partial charge in [0.15, 0.2) is 0 Å². The summed E-state index contributed by atoms with van der Waals surface area (Å²) in [5.74, 6) is 0.952. The first-order chi connectivity index (χ1) is 8.40. The van der Waals surface area contributed by atoms with E-state index in [1.807, 2.05) is 0 Å². The van der Waals surface area contributed by atoms with E-state index in [0.717, 1.165) is 18.6 Å². The van der Waals surface area contributed by atoms with Crippen LogP contribution < -0.4 is 5.32 Å². The highest BCUT2D eigenvalue weighted by molar-refractivity contribution is 4.85. The third-order valence-corrected chi connectivity index (χ3v) is 4.37. The van der Waals surface area contributed by atoms with Crippen molar-refractivity contribution in [3.8, 4) is 0 Å². The lowest BCUT2D eigenvalue weighted by molar-refractivity contribution is 0.150. The van der Waals surface area contributed by atoms with Crippen LogP contribution in [0.2, 0.25) is 0 Å². The molecule has 2 heterocycles. The quantitative estimate of drug-likeness (QED) is 0.717. The van der Waals surface area contributed by atoms with Crippen LogP contribution >= 0.6 is 0 Å². The van der Waals surface area contributed by atoms with Gasteiger partial charge >= 0.3 is 0 Å². The summed E-state index contributed by atoms with van der Waals surface area (Å²) < 4.78 is 5.09. The number of unbranched alkanes of at least 4 members (excludes halogenated alkanes) is 1. The van der Waals surface area contributed by atoms with Crippen molar-refractivity contribution in [1.82, 2.24) is 10.2 Å². The van der Waals surface area contributed by atoms with Crippen LogP contribution in [0.25, 0.3) is 0 Å². The molecule has 3 heteroatoms. The molecule has 100 valence electrons. The molecule has 2 saturated heterocycles. The van der Waals surface area contributed by atoms with E-state index in [0.29, 0.717) is 0 Å². The minimum absolute atomic E-state index is 0.839. The van der Waals surface area contributed by atoms with Crippen LogP contribution in [0.3, 0.4) is 0 Å². The standard InChI is InChI=1S/C14H28N2O/c1-17-12-3-2-9-16-10-6-13(7-11-16)14-5-4-8-15-14/h13-15H,2-12H2,1H3. The van der Waals surface area contributed by atoms with Crippen molar-refractivity contribution in [1.29, 1.82) is 0 Å². The van der Waals surface area contributed by atoms with Crippen molar-refractivity contribution in [3.63, 3.8) is 0 Å². The van der Waals surface area contributed by atoms with Crippen LogP contribution in [0.4, 0.5) is 0 Å². The van der Waals surface area contributed by atoms with Gasteiger partial charge in [-0.25, -0.2) is 0 Å². The molecule has 0 aromatic heterocycles. The zero-order valence-electron chi connectivity index (χ0n) is 11.3. The number of ether oxygens (including phenoxy) is 1. The zero-order valence-corrected chi connectivity index (χ0v) is 11.3. The molecule has 1 atom stereocenters. The van der Waals surface area contributed by atoms with Gasteiger partial charge in [-0.3, -0.25) is 0 Å².